The van der Waals surface area contributed by atoms with Crippen molar-refractivity contribution in [2.24, 2.45) is 17.3 Å². The lowest BCUT2D eigenvalue weighted by Gasteiger charge is -2.45. The molecule has 0 heterocycles. The van der Waals surface area contributed by atoms with Crippen LogP contribution >= 0.6 is 0 Å². The Balaban J connectivity index is 2.20. The number of rotatable bonds is 5. The van der Waals surface area contributed by atoms with Crippen LogP contribution in [0.4, 0.5) is 0 Å². The Morgan fingerprint density at radius 1 is 1.20 bits per heavy atom. The molecule has 0 radical (unpaired) electrons. The lowest BCUT2D eigenvalue weighted by molar-refractivity contribution is 0.223. The third kappa shape index (κ3) is 3.42. The van der Waals surface area contributed by atoms with E-state index in [-0.39, 0.29) is 17.7 Å². The molecule has 2 aliphatic carbocycles. The van der Waals surface area contributed by atoms with Gasteiger partial charge in [-0.2, -0.15) is 15.8 Å². The molecule has 0 unspecified atom stereocenters. The number of nitrogens with zero attached hydrogens (tertiary/aromatic N) is 3. The third-order valence-electron chi connectivity index (χ3n) is 5.91. The molecule has 1 N–H and O–H groups in total. The largest absolute Gasteiger partial charge is 0.490 e. The van der Waals surface area contributed by atoms with E-state index in [4.69, 9.17) is 14.9 Å². The molecule has 3 rings (SSSR count). The summed E-state index contributed by atoms with van der Waals surface area (Å²) < 4.78 is 11.7. The summed E-state index contributed by atoms with van der Waals surface area (Å²) in [5.41, 5.74) is -0.175. The Morgan fingerprint density at radius 2 is 1.93 bits per heavy atom. The number of benzene rings is 1. The summed E-state index contributed by atoms with van der Waals surface area (Å²) in [5, 5.41) is 38.6. The van der Waals surface area contributed by atoms with Crippen molar-refractivity contribution in [1.29, 1.82) is 21.2 Å². The number of fused-ring (bicyclic) bond motifs is 1. The van der Waals surface area contributed by atoms with Crippen molar-refractivity contribution in [1.82, 2.24) is 0 Å². The van der Waals surface area contributed by atoms with E-state index in [1.54, 1.807) is 0 Å². The van der Waals surface area contributed by atoms with E-state index in [9.17, 15) is 15.8 Å². The van der Waals surface area contributed by atoms with Crippen LogP contribution in [-0.2, 0) is 0 Å². The molecule has 6 nitrogen and oxygen atoms in total. The smallest absolute Gasteiger partial charge is 0.189 e. The predicted molar refractivity (Wildman–Crippen MR) is 112 cm³/mol. The predicted octanol–water partition coefficient (Wildman–Crippen LogP) is 4.89. The molecule has 1 aromatic rings. The van der Waals surface area contributed by atoms with Gasteiger partial charge in [0.2, 0.25) is 0 Å². The van der Waals surface area contributed by atoms with Gasteiger partial charge in [0, 0.05) is 5.92 Å². The molecule has 1 saturated carbocycles. The molecule has 30 heavy (non-hydrogen) atoms. The molecule has 154 valence electrons. The average Bonchev–Trinajstić information content (AvgIpc) is 2.74. The second-order valence-electron chi connectivity index (χ2n) is 8.03. The first-order valence-corrected chi connectivity index (χ1v) is 10.4. The third-order valence-corrected chi connectivity index (χ3v) is 5.91. The fourth-order valence-electron chi connectivity index (χ4n) is 4.72. The van der Waals surface area contributed by atoms with Crippen LogP contribution in [0, 0.1) is 56.7 Å². The molecule has 1 aromatic carbocycles. The molecule has 0 bridgehead atoms. The monoisotopic (exact) mass is 402 g/mol. The zero-order valence-electron chi connectivity index (χ0n) is 17.6. The zero-order chi connectivity index (χ0) is 21.9. The molecular formula is C24H26N4O2. The molecule has 0 saturated heterocycles. The minimum atomic E-state index is -1.69. The van der Waals surface area contributed by atoms with Gasteiger partial charge >= 0.3 is 0 Å². The molecule has 0 amide bonds. The van der Waals surface area contributed by atoms with E-state index in [1.807, 2.05) is 45.0 Å². The van der Waals surface area contributed by atoms with E-state index in [1.165, 1.54) is 0 Å². The van der Waals surface area contributed by atoms with Gasteiger partial charge in [0.25, 0.3) is 0 Å². The topological polar surface area (TPSA) is 114 Å². The zero-order valence-corrected chi connectivity index (χ0v) is 17.6. The SMILES string of the molecule is CCOc1cc([C@@H]2[C@H]3CCCC=C3[C@H](C#N)C(=N)C2(C#N)C#N)ccc1OC(C)C. The van der Waals surface area contributed by atoms with Crippen LogP contribution in [0.25, 0.3) is 0 Å². The van der Waals surface area contributed by atoms with Crippen molar-refractivity contribution >= 4 is 5.71 Å². The van der Waals surface area contributed by atoms with E-state index in [0.29, 0.717) is 18.1 Å². The summed E-state index contributed by atoms with van der Waals surface area (Å²) in [7, 11) is 0. The summed E-state index contributed by atoms with van der Waals surface area (Å²) in [6.45, 7) is 6.20. The van der Waals surface area contributed by atoms with Crippen LogP contribution in [0.1, 0.15) is 51.5 Å². The second-order valence-corrected chi connectivity index (χ2v) is 8.03. The van der Waals surface area contributed by atoms with Crippen LogP contribution in [0.3, 0.4) is 0 Å². The summed E-state index contributed by atoms with van der Waals surface area (Å²) in [4.78, 5) is 0. The van der Waals surface area contributed by atoms with Crippen LogP contribution < -0.4 is 9.47 Å². The maximum atomic E-state index is 10.1. The Kier molecular flexibility index (Phi) is 6.14. The standard InChI is InChI=1S/C24H26N4O2/c1-4-29-21-11-16(9-10-20(21)30-15(2)3)22-18-8-6-5-7-17(18)19(12-25)23(28)24(22,13-26)14-27/h7,9-11,15,18-19,22,28H,4-6,8H2,1-3H3/t18-,19-,22+/m0/s1. The van der Waals surface area contributed by atoms with Crippen molar-refractivity contribution < 1.29 is 9.47 Å². The highest BCUT2D eigenvalue weighted by Gasteiger charge is 2.57. The minimum Gasteiger partial charge on any atom is -0.490 e. The van der Waals surface area contributed by atoms with Gasteiger partial charge in [-0.25, -0.2) is 0 Å². The number of nitriles is 3. The van der Waals surface area contributed by atoms with Crippen LogP contribution in [-0.4, -0.2) is 18.4 Å². The van der Waals surface area contributed by atoms with Gasteiger partial charge in [-0.05, 0) is 69.2 Å². The highest BCUT2D eigenvalue weighted by atomic mass is 16.5. The van der Waals surface area contributed by atoms with Crippen LogP contribution in [0.5, 0.6) is 11.5 Å². The van der Waals surface area contributed by atoms with E-state index < -0.39 is 17.3 Å². The minimum absolute atomic E-state index is 0.0283. The maximum absolute atomic E-state index is 10.1. The molecule has 0 spiro atoms. The number of nitrogens with one attached hydrogen (secondary N) is 1. The van der Waals surface area contributed by atoms with Crippen molar-refractivity contribution in [3.63, 3.8) is 0 Å². The molecule has 0 aromatic heterocycles. The van der Waals surface area contributed by atoms with Gasteiger partial charge in [-0.3, -0.25) is 0 Å². The van der Waals surface area contributed by atoms with E-state index >= 15 is 0 Å². The fourth-order valence-corrected chi connectivity index (χ4v) is 4.72. The quantitative estimate of drug-likeness (QED) is 0.704. The lowest BCUT2D eigenvalue weighted by atomic mass is 9.53. The molecular weight excluding hydrogens is 376 g/mol. The molecule has 0 aliphatic heterocycles. The van der Waals surface area contributed by atoms with Gasteiger partial charge in [0.05, 0.1) is 36.6 Å². The first-order chi connectivity index (χ1) is 14.4. The molecule has 2 aliphatic rings. The summed E-state index contributed by atoms with van der Waals surface area (Å²) >= 11 is 0. The number of hydrogen-bond acceptors (Lipinski definition) is 6. The van der Waals surface area contributed by atoms with Gasteiger partial charge in [0.15, 0.2) is 16.9 Å². The van der Waals surface area contributed by atoms with Crippen LogP contribution in [0.15, 0.2) is 29.8 Å². The Hall–Kier alpha value is -3.30. The Bertz CT molecular complexity index is 976. The highest BCUT2D eigenvalue weighted by molar-refractivity contribution is 6.00. The first-order valence-electron chi connectivity index (χ1n) is 10.4. The maximum Gasteiger partial charge on any atom is 0.189 e. The second kappa shape index (κ2) is 8.60. The first kappa shape index (κ1) is 21.4. The number of allylic oxidation sites excluding steroid dienone is 2. The van der Waals surface area contributed by atoms with Gasteiger partial charge in [-0.15, -0.1) is 0 Å². The normalized spacial score (nSPS) is 24.6. The van der Waals surface area contributed by atoms with Gasteiger partial charge < -0.3 is 14.9 Å². The Morgan fingerprint density at radius 3 is 2.53 bits per heavy atom. The van der Waals surface area contributed by atoms with Crippen molar-refractivity contribution in [2.75, 3.05) is 6.61 Å². The lowest BCUT2D eigenvalue weighted by Crippen LogP contribution is -2.48. The van der Waals surface area contributed by atoms with E-state index in [2.05, 4.69) is 18.2 Å². The van der Waals surface area contributed by atoms with Crippen molar-refractivity contribution in [2.45, 2.75) is 52.1 Å². The summed E-state index contributed by atoms with van der Waals surface area (Å²) in [5.74, 6) is -0.327. The van der Waals surface area contributed by atoms with Gasteiger partial charge in [0.1, 0.15) is 5.92 Å². The fraction of sp³-hybridized carbons (Fsp3) is 0.500. The average molecular weight is 402 g/mol. The van der Waals surface area contributed by atoms with Crippen LogP contribution in [0.2, 0.25) is 0 Å². The number of ether oxygens (including phenoxy) is 2. The Labute approximate surface area is 177 Å². The highest BCUT2D eigenvalue weighted by Crippen LogP contribution is 2.55. The van der Waals surface area contributed by atoms with Gasteiger partial charge in [-0.1, -0.05) is 12.1 Å². The summed E-state index contributed by atoms with van der Waals surface area (Å²) in [6, 6.07) is 11.9. The van der Waals surface area contributed by atoms with Crippen molar-refractivity contribution in [3.8, 4) is 29.7 Å². The summed E-state index contributed by atoms with van der Waals surface area (Å²) in [6.07, 6.45) is 4.56. The number of hydrogen-bond donors (Lipinski definition) is 1. The molecule has 1 fully saturated rings. The van der Waals surface area contributed by atoms with E-state index in [0.717, 1.165) is 30.4 Å². The molecule has 6 heteroatoms. The van der Waals surface area contributed by atoms with Crippen molar-refractivity contribution in [3.05, 3.63) is 35.4 Å². The molecule has 3 atom stereocenters.